The number of benzene rings is 1. The molecule has 0 aliphatic rings. The van der Waals surface area contributed by atoms with Crippen molar-refractivity contribution in [3.8, 4) is 17.2 Å². The quantitative estimate of drug-likeness (QED) is 0.272. The molecular weight excluding hydrogens is 480 g/mol. The van der Waals surface area contributed by atoms with Crippen LogP contribution in [-0.4, -0.2) is 41.1 Å². The Hall–Kier alpha value is -3.31. The maximum atomic E-state index is 12.5. The van der Waals surface area contributed by atoms with Crippen molar-refractivity contribution < 1.29 is 14.6 Å². The monoisotopic (exact) mass is 520 g/mol. The molecule has 0 aliphatic heterocycles. The Kier molecular flexibility index (Phi) is 8.38. The molecule has 0 radical (unpaired) electrons. The van der Waals surface area contributed by atoms with Gasteiger partial charge in [-0.15, -0.1) is 5.54 Å². The van der Waals surface area contributed by atoms with Crippen LogP contribution in [0.3, 0.4) is 0 Å². The molecule has 0 unspecified atom stereocenters. The molecule has 0 saturated carbocycles. The first-order chi connectivity index (χ1) is 17.3. The Morgan fingerprint density at radius 1 is 1.11 bits per heavy atom. The molecule has 0 saturated heterocycles. The van der Waals surface area contributed by atoms with Crippen LogP contribution in [0.25, 0.3) is 10.9 Å². The van der Waals surface area contributed by atoms with Crippen molar-refractivity contribution in [2.75, 3.05) is 12.0 Å². The van der Waals surface area contributed by atoms with E-state index in [9.17, 15) is 9.90 Å². The molecule has 0 fully saturated rings. The zero-order valence-electron chi connectivity index (χ0n) is 23.8. The second-order valence-electron chi connectivity index (χ2n) is 10.8. The van der Waals surface area contributed by atoms with Gasteiger partial charge in [-0.1, -0.05) is 47.5 Å². The fourth-order valence-corrected chi connectivity index (χ4v) is 11.0. The Morgan fingerprint density at radius 3 is 2.27 bits per heavy atom. The number of carbonyl (C=O) groups is 1. The topological polar surface area (TPSA) is 80.5 Å². The molecule has 3 rings (SSSR count). The standard InChI is InChI=1S/C29H40N4O3Si/c1-18(2)37(19(3)4,20(5)6)12-11-23-13-24(14-27-25(23)16-31-32(27)9)33(29(34)35)17-26-22(8)28(36-10)21(7)15-30-26/h13-16,18-20H,17H2,1-10H3,(H,34,35). The van der Waals surface area contributed by atoms with Gasteiger partial charge in [-0.3, -0.25) is 14.6 Å². The zero-order valence-corrected chi connectivity index (χ0v) is 24.8. The summed E-state index contributed by atoms with van der Waals surface area (Å²) in [6, 6.07) is 3.74. The van der Waals surface area contributed by atoms with Crippen molar-refractivity contribution in [2.24, 2.45) is 7.05 Å². The van der Waals surface area contributed by atoms with Crippen LogP contribution in [0.15, 0.2) is 24.5 Å². The SMILES string of the molecule is COc1c(C)cnc(CN(C(=O)O)c2cc(C#C[Si](C(C)C)(C(C)C)C(C)C)c3cnn(C)c3c2)c1C. The van der Waals surface area contributed by atoms with Crippen LogP contribution in [0.2, 0.25) is 16.6 Å². The molecule has 2 aromatic heterocycles. The largest absolute Gasteiger partial charge is 0.496 e. The van der Waals surface area contributed by atoms with Crippen LogP contribution in [0.5, 0.6) is 5.75 Å². The number of fused-ring (bicyclic) bond motifs is 1. The third kappa shape index (κ3) is 5.23. The van der Waals surface area contributed by atoms with Crippen molar-refractivity contribution >= 4 is 30.8 Å². The van der Waals surface area contributed by atoms with Crippen molar-refractivity contribution in [1.82, 2.24) is 14.8 Å². The molecule has 0 spiro atoms. The second kappa shape index (κ2) is 11.0. The smallest absolute Gasteiger partial charge is 0.412 e. The summed E-state index contributed by atoms with van der Waals surface area (Å²) in [5, 5.41) is 15.6. The number of methoxy groups -OCH3 is 1. The second-order valence-corrected chi connectivity index (χ2v) is 16.3. The number of aryl methyl sites for hydroxylation is 2. The molecule has 0 aliphatic carbocycles. The van der Waals surface area contributed by atoms with Gasteiger partial charge in [0.1, 0.15) is 13.8 Å². The summed E-state index contributed by atoms with van der Waals surface area (Å²) in [7, 11) is 1.49. The van der Waals surface area contributed by atoms with Gasteiger partial charge in [0.25, 0.3) is 0 Å². The number of ether oxygens (including phenoxy) is 1. The lowest BCUT2D eigenvalue weighted by molar-refractivity contribution is 0.201. The highest BCUT2D eigenvalue weighted by Crippen LogP contribution is 2.41. The minimum atomic E-state index is -1.98. The van der Waals surface area contributed by atoms with E-state index >= 15 is 0 Å². The summed E-state index contributed by atoms with van der Waals surface area (Å²) < 4.78 is 7.30. The average Bonchev–Trinajstić information content (AvgIpc) is 3.19. The maximum absolute atomic E-state index is 12.5. The molecule has 37 heavy (non-hydrogen) atoms. The minimum absolute atomic E-state index is 0.0940. The van der Waals surface area contributed by atoms with E-state index < -0.39 is 14.2 Å². The Morgan fingerprint density at radius 2 is 1.73 bits per heavy atom. The van der Waals surface area contributed by atoms with Crippen molar-refractivity contribution in [3.05, 3.63) is 46.9 Å². The molecule has 1 N–H and O–H groups in total. The van der Waals surface area contributed by atoms with Gasteiger partial charge in [0, 0.05) is 35.3 Å². The normalized spacial score (nSPS) is 11.8. The maximum Gasteiger partial charge on any atom is 0.412 e. The molecule has 1 amide bonds. The summed E-state index contributed by atoms with van der Waals surface area (Å²) in [6.45, 7) is 17.6. The number of carboxylic acid groups (broad SMARTS) is 1. The predicted molar refractivity (Wildman–Crippen MR) is 153 cm³/mol. The first kappa shape index (κ1) is 28.3. The molecule has 0 atom stereocenters. The molecule has 2 heterocycles. The number of hydrogen-bond acceptors (Lipinski definition) is 4. The summed E-state index contributed by atoms with van der Waals surface area (Å²) in [6.07, 6.45) is 2.47. The number of nitrogens with zero attached hydrogens (tertiary/aromatic N) is 4. The summed E-state index contributed by atoms with van der Waals surface area (Å²) in [4.78, 5) is 18.4. The number of rotatable bonds is 7. The van der Waals surface area contributed by atoms with E-state index in [4.69, 9.17) is 4.74 Å². The molecule has 198 valence electrons. The van der Waals surface area contributed by atoms with Gasteiger partial charge in [-0.05, 0) is 42.6 Å². The van der Waals surface area contributed by atoms with Crippen molar-refractivity contribution in [1.29, 1.82) is 0 Å². The van der Waals surface area contributed by atoms with Crippen LogP contribution >= 0.6 is 0 Å². The highest BCUT2D eigenvalue weighted by atomic mass is 28.3. The lowest BCUT2D eigenvalue weighted by Gasteiger charge is -2.38. The van der Waals surface area contributed by atoms with Gasteiger partial charge >= 0.3 is 6.09 Å². The van der Waals surface area contributed by atoms with Crippen LogP contribution in [-0.2, 0) is 13.6 Å². The van der Waals surface area contributed by atoms with E-state index in [1.54, 1.807) is 18.0 Å². The number of aromatic nitrogens is 3. The highest BCUT2D eigenvalue weighted by Gasteiger charge is 2.41. The fraction of sp³-hybridized carbons (Fsp3) is 0.483. The molecule has 8 heteroatoms. The first-order valence-electron chi connectivity index (χ1n) is 12.8. The van der Waals surface area contributed by atoms with Gasteiger partial charge in [0.05, 0.1) is 36.7 Å². The number of amides is 1. The molecule has 3 aromatic rings. The molecular formula is C29H40N4O3Si. The summed E-state index contributed by atoms with van der Waals surface area (Å²) >= 11 is 0. The van der Waals surface area contributed by atoms with Gasteiger partial charge in [-0.25, -0.2) is 4.79 Å². The van der Waals surface area contributed by atoms with E-state index in [0.717, 1.165) is 33.3 Å². The van der Waals surface area contributed by atoms with Crippen molar-refractivity contribution in [3.63, 3.8) is 0 Å². The number of pyridine rings is 1. The Bertz CT molecular complexity index is 1340. The van der Waals surface area contributed by atoms with Crippen LogP contribution in [0, 0.1) is 25.3 Å². The lowest BCUT2D eigenvalue weighted by atomic mass is 10.1. The molecule has 7 nitrogen and oxygen atoms in total. The van der Waals surface area contributed by atoms with Gasteiger partial charge in [0.2, 0.25) is 0 Å². The predicted octanol–water partition coefficient (Wildman–Crippen LogP) is 6.85. The Balaban J connectivity index is 2.20. The minimum Gasteiger partial charge on any atom is -0.496 e. The van der Waals surface area contributed by atoms with E-state index in [-0.39, 0.29) is 6.54 Å². The van der Waals surface area contributed by atoms with E-state index in [0.29, 0.717) is 28.0 Å². The van der Waals surface area contributed by atoms with E-state index in [1.165, 1.54) is 4.90 Å². The van der Waals surface area contributed by atoms with Gasteiger partial charge < -0.3 is 9.84 Å². The lowest BCUT2D eigenvalue weighted by Crippen LogP contribution is -2.43. The fourth-order valence-electron chi connectivity index (χ4n) is 5.75. The highest BCUT2D eigenvalue weighted by molar-refractivity contribution is 6.90. The van der Waals surface area contributed by atoms with Gasteiger partial charge in [-0.2, -0.15) is 5.10 Å². The van der Waals surface area contributed by atoms with Crippen LogP contribution in [0.1, 0.15) is 63.9 Å². The molecule has 0 bridgehead atoms. The number of anilines is 1. The third-order valence-corrected chi connectivity index (χ3v) is 14.0. The van der Waals surface area contributed by atoms with Crippen LogP contribution < -0.4 is 9.64 Å². The third-order valence-electron chi connectivity index (χ3n) is 7.73. The average molecular weight is 521 g/mol. The summed E-state index contributed by atoms with van der Waals surface area (Å²) in [5.74, 6) is 4.25. The molecule has 1 aromatic carbocycles. The summed E-state index contributed by atoms with van der Waals surface area (Å²) in [5.41, 5.74) is 9.83. The number of hydrogen-bond donors (Lipinski definition) is 1. The van der Waals surface area contributed by atoms with Crippen LogP contribution in [0.4, 0.5) is 10.5 Å². The van der Waals surface area contributed by atoms with Crippen molar-refractivity contribution in [2.45, 2.75) is 78.6 Å². The van der Waals surface area contributed by atoms with E-state index in [2.05, 4.69) is 63.1 Å². The first-order valence-corrected chi connectivity index (χ1v) is 15.1. The van der Waals surface area contributed by atoms with Gasteiger partial charge in [0.15, 0.2) is 0 Å². The Labute approximate surface area is 221 Å². The zero-order chi connectivity index (χ0) is 27.7. The van der Waals surface area contributed by atoms with E-state index in [1.807, 2.05) is 39.2 Å².